The molecular formula is C29H32IN3O8. The number of nitrogens with one attached hydrogen (secondary N) is 1. The number of halogens is 1. The Hall–Kier alpha value is -2.62. The molecule has 2 N–H and O–H groups in total. The van der Waals surface area contributed by atoms with E-state index in [1.54, 1.807) is 12.1 Å². The molecule has 7 unspecified atom stereocenters. The van der Waals surface area contributed by atoms with Crippen molar-refractivity contribution in [3.63, 3.8) is 0 Å². The third-order valence-corrected chi connectivity index (χ3v) is 9.58. The molecule has 1 aliphatic carbocycles. The summed E-state index contributed by atoms with van der Waals surface area (Å²) in [5.74, 6) is -1.36. The van der Waals surface area contributed by atoms with Gasteiger partial charge in [0.2, 0.25) is 11.8 Å². The SMILES string of the molecule is CN(C(=O)C12CC3OC(=O)C1N(Cc1ccccc1I)OC2C1OCOC31)C(Cc1ccccc1)C(=O)NCCO. The van der Waals surface area contributed by atoms with Crippen LogP contribution >= 0.6 is 22.6 Å². The standard InChI is InChI=1S/C29H32IN3O8/c1-32(20(26(35)31-11-12-34)13-17-7-3-2-4-8-17)28(37)29-14-21-22-23(39-16-38-22)25(29)41-33(24(29)27(36)40-21)15-18-9-5-6-10-19(18)30/h2-10,20-25,34H,11-16H2,1H3,(H,31,35). The summed E-state index contributed by atoms with van der Waals surface area (Å²) in [6.45, 7) is 0.0787. The number of ether oxygens (including phenoxy) is 3. The van der Waals surface area contributed by atoms with Crippen LogP contribution in [0, 0.1) is 8.99 Å². The second kappa shape index (κ2) is 11.6. The van der Waals surface area contributed by atoms with Gasteiger partial charge >= 0.3 is 5.97 Å². The van der Waals surface area contributed by atoms with E-state index in [9.17, 15) is 19.5 Å². The van der Waals surface area contributed by atoms with Crippen molar-refractivity contribution in [2.45, 2.75) is 55.9 Å². The zero-order chi connectivity index (χ0) is 28.7. The summed E-state index contributed by atoms with van der Waals surface area (Å²) in [5.41, 5.74) is 0.435. The minimum Gasteiger partial charge on any atom is -0.458 e. The zero-order valence-electron chi connectivity index (χ0n) is 22.5. The number of fused-ring (bicyclic) bond motifs is 4. The van der Waals surface area contributed by atoms with Gasteiger partial charge in [0, 0.05) is 30.0 Å². The average Bonchev–Trinajstić information content (AvgIpc) is 3.60. The van der Waals surface area contributed by atoms with Crippen LogP contribution in [0.15, 0.2) is 54.6 Å². The fraction of sp³-hybridized carbons (Fsp3) is 0.483. The Kier molecular flexibility index (Phi) is 8.04. The van der Waals surface area contributed by atoms with Crippen molar-refractivity contribution in [2.24, 2.45) is 5.41 Å². The molecule has 6 rings (SSSR count). The van der Waals surface area contributed by atoms with Gasteiger partial charge in [0.25, 0.3) is 0 Å². The van der Waals surface area contributed by atoms with Crippen LogP contribution in [-0.4, -0.2) is 96.3 Å². The van der Waals surface area contributed by atoms with Gasteiger partial charge in [-0.1, -0.05) is 48.5 Å². The molecule has 218 valence electrons. The summed E-state index contributed by atoms with van der Waals surface area (Å²) in [5, 5.41) is 13.6. The molecule has 3 aliphatic heterocycles. The Morgan fingerprint density at radius 3 is 2.63 bits per heavy atom. The normalized spacial score (nSPS) is 30.8. The molecule has 2 amide bonds. The number of rotatable bonds is 9. The van der Waals surface area contributed by atoms with Gasteiger partial charge < -0.3 is 29.5 Å². The van der Waals surface area contributed by atoms with E-state index in [0.29, 0.717) is 0 Å². The van der Waals surface area contributed by atoms with Gasteiger partial charge in [0.1, 0.15) is 42.7 Å². The molecule has 41 heavy (non-hydrogen) atoms. The Morgan fingerprint density at radius 1 is 1.15 bits per heavy atom. The molecule has 4 fully saturated rings. The number of carbonyl (C=O) groups excluding carboxylic acids is 3. The highest BCUT2D eigenvalue weighted by Gasteiger charge is 2.75. The monoisotopic (exact) mass is 677 g/mol. The summed E-state index contributed by atoms with van der Waals surface area (Å²) in [7, 11) is 1.58. The molecule has 0 radical (unpaired) electrons. The average molecular weight is 677 g/mol. The zero-order valence-corrected chi connectivity index (χ0v) is 24.6. The predicted molar refractivity (Wildman–Crippen MR) is 152 cm³/mol. The number of benzene rings is 2. The highest BCUT2D eigenvalue weighted by molar-refractivity contribution is 14.1. The van der Waals surface area contributed by atoms with Crippen molar-refractivity contribution in [2.75, 3.05) is 27.0 Å². The molecule has 2 bridgehead atoms. The Morgan fingerprint density at radius 2 is 1.88 bits per heavy atom. The van der Waals surface area contributed by atoms with Gasteiger partial charge in [-0.15, -0.1) is 0 Å². The summed E-state index contributed by atoms with van der Waals surface area (Å²) in [6.07, 6.45) is -2.26. The Bertz CT molecular complexity index is 1310. The van der Waals surface area contributed by atoms with Gasteiger partial charge in [-0.3, -0.25) is 19.2 Å². The largest absolute Gasteiger partial charge is 0.458 e. The lowest BCUT2D eigenvalue weighted by molar-refractivity contribution is -0.204. The summed E-state index contributed by atoms with van der Waals surface area (Å²) < 4.78 is 18.6. The van der Waals surface area contributed by atoms with Gasteiger partial charge in [-0.2, -0.15) is 5.06 Å². The van der Waals surface area contributed by atoms with Gasteiger partial charge in [0.15, 0.2) is 6.04 Å². The molecule has 3 heterocycles. The van der Waals surface area contributed by atoms with Gasteiger partial charge in [-0.25, -0.2) is 0 Å². The number of hydroxylamine groups is 2. The van der Waals surface area contributed by atoms with E-state index in [1.807, 2.05) is 54.6 Å². The molecule has 2 aromatic carbocycles. The van der Waals surface area contributed by atoms with Crippen LogP contribution < -0.4 is 5.32 Å². The highest BCUT2D eigenvalue weighted by atomic mass is 127. The van der Waals surface area contributed by atoms with E-state index in [2.05, 4.69) is 27.9 Å². The van der Waals surface area contributed by atoms with Crippen LogP contribution in [0.3, 0.4) is 0 Å². The second-order valence-electron chi connectivity index (χ2n) is 10.8. The molecule has 11 nitrogen and oxygen atoms in total. The maximum atomic E-state index is 14.8. The number of hydrogen-bond donors (Lipinski definition) is 2. The van der Waals surface area contributed by atoms with Crippen LogP contribution in [0.4, 0.5) is 0 Å². The van der Waals surface area contributed by atoms with Crippen LogP contribution in [0.2, 0.25) is 0 Å². The number of aliphatic hydroxyl groups is 1. The van der Waals surface area contributed by atoms with Crippen molar-refractivity contribution in [1.29, 1.82) is 0 Å². The first-order valence-electron chi connectivity index (χ1n) is 13.7. The van der Waals surface area contributed by atoms with Gasteiger partial charge in [0.05, 0.1) is 13.2 Å². The number of carbonyl (C=O) groups is 3. The van der Waals surface area contributed by atoms with E-state index in [0.717, 1.165) is 14.7 Å². The first kappa shape index (κ1) is 28.5. The number of esters is 1. The van der Waals surface area contributed by atoms with Crippen molar-refractivity contribution >= 4 is 40.4 Å². The van der Waals surface area contributed by atoms with E-state index in [-0.39, 0.29) is 39.3 Å². The third kappa shape index (κ3) is 4.93. The van der Waals surface area contributed by atoms with Crippen LogP contribution in [-0.2, 0) is 46.4 Å². The lowest BCUT2D eigenvalue weighted by atomic mass is 9.62. The predicted octanol–water partition coefficient (Wildman–Crippen LogP) is 1.01. The second-order valence-corrected chi connectivity index (χ2v) is 12.0. The minimum atomic E-state index is -1.37. The number of amides is 2. The van der Waals surface area contributed by atoms with E-state index in [4.69, 9.17) is 19.0 Å². The lowest BCUT2D eigenvalue weighted by Gasteiger charge is -2.50. The maximum absolute atomic E-state index is 14.8. The number of aliphatic hydroxyl groups excluding tert-OH is 1. The number of hydrogen-bond acceptors (Lipinski definition) is 9. The first-order valence-corrected chi connectivity index (χ1v) is 14.7. The van der Waals surface area contributed by atoms with Crippen LogP contribution in [0.25, 0.3) is 0 Å². The maximum Gasteiger partial charge on any atom is 0.327 e. The number of nitrogens with zero attached hydrogens (tertiary/aromatic N) is 2. The van der Waals surface area contributed by atoms with Gasteiger partial charge in [-0.05, 0) is 39.8 Å². The molecular weight excluding hydrogens is 645 g/mol. The quantitative estimate of drug-likeness (QED) is 0.296. The molecule has 0 spiro atoms. The molecule has 4 aliphatic rings. The summed E-state index contributed by atoms with van der Waals surface area (Å²) >= 11 is 2.23. The lowest BCUT2D eigenvalue weighted by Crippen LogP contribution is -2.70. The molecule has 1 saturated carbocycles. The first-order chi connectivity index (χ1) is 19.8. The summed E-state index contributed by atoms with van der Waals surface area (Å²) in [6, 6.07) is 15.2. The molecule has 12 heteroatoms. The topological polar surface area (TPSA) is 127 Å². The Balaban J connectivity index is 1.38. The van der Waals surface area contributed by atoms with Crippen molar-refractivity contribution in [3.8, 4) is 0 Å². The van der Waals surface area contributed by atoms with Crippen LogP contribution in [0.1, 0.15) is 17.5 Å². The minimum absolute atomic E-state index is 0.00476. The number of likely N-dealkylation sites (N-methyl/N-ethyl adjacent to an activating group) is 1. The van der Waals surface area contributed by atoms with Crippen molar-refractivity contribution in [3.05, 3.63) is 69.3 Å². The van der Waals surface area contributed by atoms with Crippen LogP contribution in [0.5, 0.6) is 0 Å². The Labute approximate surface area is 251 Å². The molecule has 7 atom stereocenters. The van der Waals surface area contributed by atoms with E-state index >= 15 is 0 Å². The third-order valence-electron chi connectivity index (χ3n) is 8.53. The van der Waals surface area contributed by atoms with Crippen molar-refractivity contribution in [1.82, 2.24) is 15.3 Å². The van der Waals surface area contributed by atoms with E-state index in [1.165, 1.54) is 4.90 Å². The fourth-order valence-electron chi connectivity index (χ4n) is 6.62. The molecule has 0 aromatic heterocycles. The molecule has 3 saturated heterocycles. The smallest absolute Gasteiger partial charge is 0.327 e. The van der Waals surface area contributed by atoms with E-state index < -0.39 is 59.7 Å². The molecule has 2 aromatic rings. The fourth-order valence-corrected chi connectivity index (χ4v) is 7.17. The van der Waals surface area contributed by atoms with Crippen molar-refractivity contribution < 1.29 is 38.5 Å². The highest BCUT2D eigenvalue weighted by Crippen LogP contribution is 2.56. The summed E-state index contributed by atoms with van der Waals surface area (Å²) in [4.78, 5) is 49.8.